The van der Waals surface area contributed by atoms with E-state index < -0.39 is 4.92 Å². The second-order valence-corrected chi connectivity index (χ2v) is 4.86. The van der Waals surface area contributed by atoms with E-state index in [0.717, 1.165) is 5.69 Å². The lowest BCUT2D eigenvalue weighted by Crippen LogP contribution is -2.30. The highest BCUT2D eigenvalue weighted by molar-refractivity contribution is 5.75. The topological polar surface area (TPSA) is 103 Å². The molecule has 116 valence electrons. The van der Waals surface area contributed by atoms with Crippen LogP contribution in [0.1, 0.15) is 17.1 Å². The van der Waals surface area contributed by atoms with Gasteiger partial charge in [-0.1, -0.05) is 6.07 Å². The highest BCUT2D eigenvalue weighted by Crippen LogP contribution is 2.21. The Bertz CT molecular complexity index is 681. The largest absolute Gasteiger partial charge is 0.354 e. The van der Waals surface area contributed by atoms with Crippen LogP contribution in [0.2, 0.25) is 0 Å². The summed E-state index contributed by atoms with van der Waals surface area (Å²) in [5.74, 6) is -0.239. The number of carbonyl (C=O) groups excluding carboxylic acids is 1. The third-order valence-corrected chi connectivity index (χ3v) is 3.25. The molecule has 0 spiro atoms. The Morgan fingerprint density at radius 1 is 1.41 bits per heavy atom. The predicted molar refractivity (Wildman–Crippen MR) is 79.3 cm³/mol. The Hall–Kier alpha value is -2.77. The molecule has 1 N–H and O–H groups in total. The number of hydrogen-bond donors (Lipinski definition) is 1. The molecule has 2 heterocycles. The van der Waals surface area contributed by atoms with Gasteiger partial charge in [0.2, 0.25) is 5.91 Å². The van der Waals surface area contributed by atoms with E-state index in [4.69, 9.17) is 0 Å². The molecule has 0 unspecified atom stereocenters. The Labute approximate surface area is 127 Å². The summed E-state index contributed by atoms with van der Waals surface area (Å²) in [5.41, 5.74) is 1.54. The van der Waals surface area contributed by atoms with Crippen molar-refractivity contribution in [3.8, 4) is 0 Å². The van der Waals surface area contributed by atoms with E-state index in [-0.39, 0.29) is 18.1 Å². The second kappa shape index (κ2) is 6.79. The van der Waals surface area contributed by atoms with Crippen LogP contribution in [0.25, 0.3) is 0 Å². The zero-order valence-electron chi connectivity index (χ0n) is 12.4. The molecular weight excluding hydrogens is 286 g/mol. The van der Waals surface area contributed by atoms with E-state index in [1.54, 1.807) is 20.0 Å². The van der Waals surface area contributed by atoms with Gasteiger partial charge in [-0.05, 0) is 26.0 Å². The summed E-state index contributed by atoms with van der Waals surface area (Å²) in [7, 11) is 0. The van der Waals surface area contributed by atoms with E-state index in [1.807, 2.05) is 18.2 Å². The highest BCUT2D eigenvalue weighted by atomic mass is 16.6. The summed E-state index contributed by atoms with van der Waals surface area (Å²) in [6, 6.07) is 5.60. The minimum absolute atomic E-state index is 0.0390. The lowest BCUT2D eigenvalue weighted by molar-refractivity contribution is -0.386. The van der Waals surface area contributed by atoms with Gasteiger partial charge >= 0.3 is 5.69 Å². The van der Waals surface area contributed by atoms with Gasteiger partial charge in [0, 0.05) is 24.9 Å². The van der Waals surface area contributed by atoms with Crippen molar-refractivity contribution in [2.24, 2.45) is 0 Å². The number of nitrogens with one attached hydrogen (secondary N) is 1. The molecule has 0 bridgehead atoms. The fourth-order valence-electron chi connectivity index (χ4n) is 2.17. The zero-order valence-corrected chi connectivity index (χ0v) is 12.4. The molecule has 0 aliphatic rings. The number of amides is 1. The monoisotopic (exact) mass is 303 g/mol. The van der Waals surface area contributed by atoms with Gasteiger partial charge in [-0.15, -0.1) is 0 Å². The molecule has 0 aliphatic heterocycles. The van der Waals surface area contributed by atoms with Crippen molar-refractivity contribution >= 4 is 11.6 Å². The van der Waals surface area contributed by atoms with Gasteiger partial charge in [0.1, 0.15) is 17.9 Å². The minimum Gasteiger partial charge on any atom is -0.354 e. The van der Waals surface area contributed by atoms with Gasteiger partial charge in [0.15, 0.2) is 0 Å². The molecule has 0 radical (unpaired) electrons. The molecule has 2 aromatic rings. The van der Waals surface area contributed by atoms with Crippen molar-refractivity contribution in [2.45, 2.75) is 26.8 Å². The van der Waals surface area contributed by atoms with Gasteiger partial charge in [-0.3, -0.25) is 24.6 Å². The molecule has 0 aliphatic carbocycles. The lowest BCUT2D eigenvalue weighted by atomic mass is 10.3. The highest BCUT2D eigenvalue weighted by Gasteiger charge is 2.22. The van der Waals surface area contributed by atoms with Crippen molar-refractivity contribution in [1.82, 2.24) is 20.1 Å². The van der Waals surface area contributed by atoms with Crippen molar-refractivity contribution in [3.63, 3.8) is 0 Å². The maximum absolute atomic E-state index is 11.9. The normalized spacial score (nSPS) is 10.5. The van der Waals surface area contributed by atoms with Crippen LogP contribution < -0.4 is 5.32 Å². The first-order chi connectivity index (χ1) is 10.5. The molecule has 0 fully saturated rings. The smallest absolute Gasteiger partial charge is 0.312 e. The second-order valence-electron chi connectivity index (χ2n) is 4.86. The predicted octanol–water partition coefficient (Wildman–Crippen LogP) is 1.16. The molecule has 8 nitrogen and oxygen atoms in total. The maximum Gasteiger partial charge on any atom is 0.312 e. The van der Waals surface area contributed by atoms with Gasteiger partial charge in [-0.2, -0.15) is 5.10 Å². The lowest BCUT2D eigenvalue weighted by Gasteiger charge is -2.06. The fourth-order valence-corrected chi connectivity index (χ4v) is 2.17. The van der Waals surface area contributed by atoms with Crippen LogP contribution >= 0.6 is 0 Å². The van der Waals surface area contributed by atoms with Crippen molar-refractivity contribution < 1.29 is 9.72 Å². The third kappa shape index (κ3) is 3.66. The van der Waals surface area contributed by atoms with Gasteiger partial charge in [0.05, 0.1) is 4.92 Å². The number of pyridine rings is 1. The summed E-state index contributed by atoms with van der Waals surface area (Å²) in [6.45, 7) is 3.56. The maximum atomic E-state index is 11.9. The molecule has 0 atom stereocenters. The van der Waals surface area contributed by atoms with E-state index in [9.17, 15) is 14.9 Å². The summed E-state index contributed by atoms with van der Waals surface area (Å²) in [5, 5.41) is 17.7. The Morgan fingerprint density at radius 2 is 2.18 bits per heavy atom. The van der Waals surface area contributed by atoms with Crippen molar-refractivity contribution in [1.29, 1.82) is 0 Å². The average Bonchev–Trinajstić information content (AvgIpc) is 2.74. The van der Waals surface area contributed by atoms with Crippen LogP contribution in [0.15, 0.2) is 24.4 Å². The third-order valence-electron chi connectivity index (χ3n) is 3.25. The number of aromatic nitrogens is 3. The molecule has 22 heavy (non-hydrogen) atoms. The Kier molecular flexibility index (Phi) is 4.82. The van der Waals surface area contributed by atoms with Crippen LogP contribution in [-0.4, -0.2) is 32.1 Å². The molecule has 2 aromatic heterocycles. The molecule has 2 rings (SSSR count). The Morgan fingerprint density at radius 3 is 2.77 bits per heavy atom. The van der Waals surface area contributed by atoms with Crippen LogP contribution in [0, 0.1) is 24.0 Å². The summed E-state index contributed by atoms with van der Waals surface area (Å²) < 4.78 is 1.35. The van der Waals surface area contributed by atoms with Crippen LogP contribution in [0.3, 0.4) is 0 Å². The first kappa shape index (κ1) is 15.6. The van der Waals surface area contributed by atoms with Gasteiger partial charge in [0.25, 0.3) is 0 Å². The Balaban J connectivity index is 1.90. The van der Waals surface area contributed by atoms with E-state index in [2.05, 4.69) is 15.4 Å². The van der Waals surface area contributed by atoms with Crippen molar-refractivity contribution in [2.75, 3.05) is 6.54 Å². The van der Waals surface area contributed by atoms with Crippen LogP contribution in [-0.2, 0) is 17.8 Å². The molecule has 0 saturated carbocycles. The fraction of sp³-hybridized carbons (Fsp3) is 0.357. The molecule has 8 heteroatoms. The number of rotatable bonds is 6. The number of carbonyl (C=O) groups is 1. The first-order valence-corrected chi connectivity index (χ1v) is 6.84. The zero-order chi connectivity index (χ0) is 16.1. The quantitative estimate of drug-likeness (QED) is 0.637. The number of hydrogen-bond acceptors (Lipinski definition) is 5. The van der Waals surface area contributed by atoms with Gasteiger partial charge in [-0.25, -0.2) is 0 Å². The average molecular weight is 303 g/mol. The SMILES string of the molecule is Cc1nn(CC(=O)NCCc2ccccn2)c(C)c1[N+](=O)[O-]. The molecule has 0 aromatic carbocycles. The van der Waals surface area contributed by atoms with Crippen LogP contribution in [0.5, 0.6) is 0 Å². The van der Waals surface area contributed by atoms with Crippen molar-refractivity contribution in [3.05, 3.63) is 51.6 Å². The summed E-state index contributed by atoms with van der Waals surface area (Å²) in [6.07, 6.45) is 2.33. The molecule has 0 saturated heterocycles. The van der Waals surface area contributed by atoms with E-state index >= 15 is 0 Å². The number of nitrogens with zero attached hydrogens (tertiary/aromatic N) is 4. The van der Waals surface area contributed by atoms with Gasteiger partial charge < -0.3 is 5.32 Å². The molecule has 1 amide bonds. The summed E-state index contributed by atoms with van der Waals surface area (Å²) in [4.78, 5) is 26.5. The van der Waals surface area contributed by atoms with E-state index in [1.165, 1.54) is 4.68 Å². The summed E-state index contributed by atoms with van der Waals surface area (Å²) >= 11 is 0. The van der Waals surface area contributed by atoms with E-state index in [0.29, 0.717) is 24.4 Å². The minimum atomic E-state index is -0.479. The van der Waals surface area contributed by atoms with Crippen LogP contribution in [0.4, 0.5) is 5.69 Å². The first-order valence-electron chi connectivity index (χ1n) is 6.84. The number of aryl methyl sites for hydroxylation is 1. The number of nitro groups is 1. The molecular formula is C14H17N5O3. The standard InChI is InChI=1S/C14H17N5O3/c1-10-14(19(21)22)11(2)18(17-10)9-13(20)16-8-6-12-5-3-4-7-15-12/h3-5,7H,6,8-9H2,1-2H3,(H,16,20).